The molecule has 0 bridgehead atoms. The molecule has 2 heterocycles. The molecular weight excluding hydrogens is 184 g/mol. The van der Waals surface area contributed by atoms with Gasteiger partial charge in [0.15, 0.2) is 5.82 Å². The fraction of sp³-hybridized carbons (Fsp3) is 0.500. The Balaban J connectivity index is 2.21. The van der Waals surface area contributed by atoms with E-state index in [0.717, 1.165) is 5.82 Å². The number of hydrogen-bond acceptors (Lipinski definition) is 5. The third-order valence-corrected chi connectivity index (χ3v) is 2.97. The summed E-state index contributed by atoms with van der Waals surface area (Å²) in [6.07, 6.45) is 5.41. The molecule has 70 valence electrons. The van der Waals surface area contributed by atoms with Gasteiger partial charge in [0.2, 0.25) is 0 Å². The molecule has 0 unspecified atom stereocenters. The van der Waals surface area contributed by atoms with Crippen LogP contribution in [0.4, 0.5) is 0 Å². The molecule has 0 saturated heterocycles. The van der Waals surface area contributed by atoms with Crippen molar-refractivity contribution in [1.29, 1.82) is 0 Å². The van der Waals surface area contributed by atoms with Crippen LogP contribution in [0.3, 0.4) is 0 Å². The average Bonchev–Trinajstić information content (AvgIpc) is 2.45. The molecule has 0 fully saturated rings. The van der Waals surface area contributed by atoms with Crippen molar-refractivity contribution in [2.75, 3.05) is 0 Å². The van der Waals surface area contributed by atoms with Crippen LogP contribution in [-0.4, -0.2) is 26.7 Å². The summed E-state index contributed by atoms with van der Waals surface area (Å²) in [4.78, 5) is 4.21. The van der Waals surface area contributed by atoms with Crippen molar-refractivity contribution in [3.8, 4) is 0 Å². The number of nitrogens with zero attached hydrogens (tertiary/aromatic N) is 4. The molecule has 13 heavy (non-hydrogen) atoms. The van der Waals surface area contributed by atoms with Gasteiger partial charge in [-0.1, -0.05) is 0 Å². The highest BCUT2D eigenvalue weighted by Crippen LogP contribution is 2.37. The summed E-state index contributed by atoms with van der Waals surface area (Å²) in [7, 11) is 0. The number of aliphatic imine (C=N–C) groups is 1. The Morgan fingerprint density at radius 3 is 2.69 bits per heavy atom. The van der Waals surface area contributed by atoms with Crippen molar-refractivity contribution >= 4 is 24.6 Å². The minimum absolute atomic E-state index is 0.0973. The third kappa shape index (κ3) is 1.56. The number of rotatable bonds is 0. The van der Waals surface area contributed by atoms with Gasteiger partial charge < -0.3 is 0 Å². The molecule has 5 heteroatoms. The minimum atomic E-state index is 0.0973. The van der Waals surface area contributed by atoms with Gasteiger partial charge in [0.1, 0.15) is 0 Å². The molecule has 0 aromatic rings. The number of fused-ring (bicyclic) bond motifs is 1. The lowest BCUT2D eigenvalue weighted by molar-refractivity contribution is 0.350. The first kappa shape index (κ1) is 8.62. The monoisotopic (exact) mass is 196 g/mol. The maximum Gasteiger partial charge on any atom is 0.179 e. The SMILES string of the molecule is CC(C)(C)N1C=C2N=CC=NN2S1. The van der Waals surface area contributed by atoms with Crippen molar-refractivity contribution < 1.29 is 0 Å². The van der Waals surface area contributed by atoms with E-state index in [1.54, 1.807) is 24.6 Å². The molecular formula is C8H12N4S. The quantitative estimate of drug-likeness (QED) is 0.554. The molecule has 0 amide bonds. The molecule has 4 nitrogen and oxygen atoms in total. The van der Waals surface area contributed by atoms with Gasteiger partial charge in [-0.15, -0.1) is 0 Å². The van der Waals surface area contributed by atoms with Gasteiger partial charge in [0.25, 0.3) is 0 Å². The van der Waals surface area contributed by atoms with Crippen LogP contribution in [0.1, 0.15) is 20.8 Å². The van der Waals surface area contributed by atoms with Crippen LogP contribution in [0.2, 0.25) is 0 Å². The normalized spacial score (nSPS) is 20.7. The fourth-order valence-electron chi connectivity index (χ4n) is 0.982. The number of hydrazone groups is 1. The molecule has 2 rings (SSSR count). The lowest BCUT2D eigenvalue weighted by Gasteiger charge is -2.29. The van der Waals surface area contributed by atoms with Crippen LogP contribution < -0.4 is 0 Å². The summed E-state index contributed by atoms with van der Waals surface area (Å²) in [5.41, 5.74) is 0.0973. The van der Waals surface area contributed by atoms with Crippen molar-refractivity contribution in [1.82, 2.24) is 8.72 Å². The van der Waals surface area contributed by atoms with Gasteiger partial charge in [-0.05, 0) is 20.8 Å². The molecule has 0 N–H and O–H groups in total. The molecule has 0 aliphatic carbocycles. The second kappa shape index (κ2) is 2.77. The third-order valence-electron chi connectivity index (χ3n) is 1.70. The molecule has 2 aliphatic rings. The van der Waals surface area contributed by atoms with Gasteiger partial charge in [-0.2, -0.15) is 9.52 Å². The topological polar surface area (TPSA) is 31.2 Å². The highest BCUT2D eigenvalue weighted by Gasteiger charge is 2.30. The van der Waals surface area contributed by atoms with E-state index in [1.165, 1.54) is 0 Å². The van der Waals surface area contributed by atoms with Crippen LogP contribution in [0.25, 0.3) is 0 Å². The maximum atomic E-state index is 4.21. The standard InChI is InChI=1S/C8H12N4S/c1-8(2,3)11-6-7-9-4-5-10-12(7)13-11/h4-6H,1-3H3. The van der Waals surface area contributed by atoms with Crippen LogP contribution in [0.15, 0.2) is 22.1 Å². The van der Waals surface area contributed by atoms with Gasteiger partial charge >= 0.3 is 0 Å². The first-order valence-corrected chi connectivity index (χ1v) is 4.86. The Kier molecular flexibility index (Phi) is 1.83. The van der Waals surface area contributed by atoms with Crippen LogP contribution >= 0.6 is 12.1 Å². The van der Waals surface area contributed by atoms with E-state index >= 15 is 0 Å². The molecule has 0 radical (unpaired) electrons. The molecule has 0 aromatic heterocycles. The summed E-state index contributed by atoms with van der Waals surface area (Å²) < 4.78 is 3.95. The van der Waals surface area contributed by atoms with Crippen LogP contribution in [-0.2, 0) is 0 Å². The second-order valence-corrected chi connectivity index (χ2v) is 4.78. The fourth-order valence-corrected chi connectivity index (χ4v) is 1.81. The van der Waals surface area contributed by atoms with E-state index in [-0.39, 0.29) is 5.54 Å². The van der Waals surface area contributed by atoms with Gasteiger partial charge in [0, 0.05) is 11.8 Å². The number of hydrogen-bond donors (Lipinski definition) is 0. The maximum absolute atomic E-state index is 4.21. The molecule has 0 aromatic carbocycles. The Bertz CT molecular complexity index is 300. The largest absolute Gasteiger partial charge is 0.295 e. The predicted octanol–water partition coefficient (Wildman–Crippen LogP) is 1.83. The molecule has 2 aliphatic heterocycles. The zero-order valence-corrected chi connectivity index (χ0v) is 8.75. The van der Waals surface area contributed by atoms with Crippen molar-refractivity contribution in [2.45, 2.75) is 26.3 Å². The lowest BCUT2D eigenvalue weighted by Crippen LogP contribution is -2.30. The second-order valence-electron chi connectivity index (χ2n) is 3.88. The van der Waals surface area contributed by atoms with Gasteiger partial charge in [-0.3, -0.25) is 4.31 Å². The van der Waals surface area contributed by atoms with E-state index < -0.39 is 0 Å². The molecule has 0 atom stereocenters. The van der Waals surface area contributed by atoms with Crippen LogP contribution in [0.5, 0.6) is 0 Å². The van der Waals surface area contributed by atoms with E-state index in [9.17, 15) is 0 Å². The first-order valence-electron chi connectivity index (χ1n) is 4.13. The zero-order valence-electron chi connectivity index (χ0n) is 7.93. The summed E-state index contributed by atoms with van der Waals surface area (Å²) in [6, 6.07) is 0. The molecule has 0 spiro atoms. The Labute approximate surface area is 82.3 Å². The minimum Gasteiger partial charge on any atom is -0.295 e. The summed E-state index contributed by atoms with van der Waals surface area (Å²) in [5.74, 6) is 0.891. The van der Waals surface area contributed by atoms with Crippen molar-refractivity contribution in [2.24, 2.45) is 10.1 Å². The zero-order chi connectivity index (χ0) is 9.47. The average molecular weight is 196 g/mol. The van der Waals surface area contributed by atoms with Gasteiger partial charge in [0.05, 0.1) is 24.5 Å². The predicted molar refractivity (Wildman–Crippen MR) is 56.1 cm³/mol. The van der Waals surface area contributed by atoms with Crippen molar-refractivity contribution in [3.05, 3.63) is 12.0 Å². The summed E-state index contributed by atoms with van der Waals surface area (Å²) >= 11 is 1.56. The Hall–Kier alpha value is -0.970. The highest BCUT2D eigenvalue weighted by molar-refractivity contribution is 7.95. The smallest absolute Gasteiger partial charge is 0.179 e. The Morgan fingerprint density at radius 1 is 1.31 bits per heavy atom. The van der Waals surface area contributed by atoms with Gasteiger partial charge in [-0.25, -0.2) is 4.99 Å². The highest BCUT2D eigenvalue weighted by atomic mass is 32.2. The van der Waals surface area contributed by atoms with E-state index in [0.29, 0.717) is 0 Å². The van der Waals surface area contributed by atoms with Crippen molar-refractivity contribution in [3.63, 3.8) is 0 Å². The Morgan fingerprint density at radius 2 is 2.08 bits per heavy atom. The first-order chi connectivity index (χ1) is 6.07. The lowest BCUT2D eigenvalue weighted by atomic mass is 10.1. The summed E-state index contributed by atoms with van der Waals surface area (Å²) in [5, 5.41) is 4.17. The van der Waals surface area contributed by atoms with E-state index in [1.807, 2.05) is 10.6 Å². The van der Waals surface area contributed by atoms with Crippen LogP contribution in [0, 0.1) is 0 Å². The summed E-state index contributed by atoms with van der Waals surface area (Å²) in [6.45, 7) is 6.47. The van der Waals surface area contributed by atoms with E-state index in [2.05, 4.69) is 35.2 Å². The van der Waals surface area contributed by atoms with E-state index in [4.69, 9.17) is 0 Å². The molecule has 0 saturated carbocycles.